The van der Waals surface area contributed by atoms with Crippen LogP contribution in [0.5, 0.6) is 0 Å². The van der Waals surface area contributed by atoms with Crippen molar-refractivity contribution >= 4 is 17.8 Å². The quantitative estimate of drug-likeness (QED) is 0.807. The van der Waals surface area contributed by atoms with Crippen LogP contribution in [0, 0.1) is 11.8 Å². The Bertz CT molecular complexity index is 458. The van der Waals surface area contributed by atoms with Crippen molar-refractivity contribution < 1.29 is 19.5 Å². The molecular weight excluding hydrogens is 296 g/mol. The molecule has 1 aliphatic carbocycles. The summed E-state index contributed by atoms with van der Waals surface area (Å²) in [6.07, 6.45) is 4.58. The van der Waals surface area contributed by atoms with E-state index in [9.17, 15) is 14.4 Å². The first-order valence-corrected chi connectivity index (χ1v) is 8.72. The second-order valence-corrected chi connectivity index (χ2v) is 6.92. The SMILES string of the molecule is CCN(CCC(=O)O)C(=O)C1CC(=O)N(C2CCC(C)CC2)C1. The Labute approximate surface area is 137 Å². The van der Waals surface area contributed by atoms with Gasteiger partial charge in [-0.05, 0) is 38.5 Å². The molecule has 2 aliphatic rings. The Morgan fingerprint density at radius 2 is 1.91 bits per heavy atom. The average Bonchev–Trinajstić information content (AvgIpc) is 2.90. The number of carbonyl (C=O) groups excluding carboxylic acids is 2. The highest BCUT2D eigenvalue weighted by atomic mass is 16.4. The van der Waals surface area contributed by atoms with Crippen LogP contribution < -0.4 is 0 Å². The van der Waals surface area contributed by atoms with Gasteiger partial charge in [-0.25, -0.2) is 0 Å². The minimum atomic E-state index is -0.906. The monoisotopic (exact) mass is 324 g/mol. The van der Waals surface area contributed by atoms with Gasteiger partial charge in [-0.2, -0.15) is 0 Å². The molecule has 1 aliphatic heterocycles. The van der Waals surface area contributed by atoms with E-state index >= 15 is 0 Å². The molecule has 0 aromatic rings. The maximum atomic E-state index is 12.6. The van der Waals surface area contributed by atoms with E-state index in [1.807, 2.05) is 11.8 Å². The van der Waals surface area contributed by atoms with Crippen LogP contribution in [0.3, 0.4) is 0 Å². The van der Waals surface area contributed by atoms with Crippen LogP contribution in [0.4, 0.5) is 0 Å². The Hall–Kier alpha value is -1.59. The number of amides is 2. The van der Waals surface area contributed by atoms with Crippen LogP contribution in [0.25, 0.3) is 0 Å². The topological polar surface area (TPSA) is 77.9 Å². The minimum Gasteiger partial charge on any atom is -0.481 e. The van der Waals surface area contributed by atoms with Crippen LogP contribution in [0.2, 0.25) is 0 Å². The molecule has 0 bridgehead atoms. The maximum absolute atomic E-state index is 12.6. The molecule has 2 fully saturated rings. The van der Waals surface area contributed by atoms with E-state index < -0.39 is 5.97 Å². The molecule has 1 N–H and O–H groups in total. The zero-order valence-electron chi connectivity index (χ0n) is 14.2. The van der Waals surface area contributed by atoms with Crippen molar-refractivity contribution in [3.8, 4) is 0 Å². The number of rotatable bonds is 6. The Morgan fingerprint density at radius 1 is 1.26 bits per heavy atom. The van der Waals surface area contributed by atoms with Crippen molar-refractivity contribution in [1.82, 2.24) is 9.80 Å². The highest BCUT2D eigenvalue weighted by molar-refractivity contribution is 5.89. The number of aliphatic carboxylic acids is 1. The largest absolute Gasteiger partial charge is 0.481 e. The van der Waals surface area contributed by atoms with Gasteiger partial charge < -0.3 is 14.9 Å². The predicted molar refractivity (Wildman–Crippen MR) is 85.7 cm³/mol. The fraction of sp³-hybridized carbons (Fsp3) is 0.824. The number of carbonyl (C=O) groups is 3. The van der Waals surface area contributed by atoms with Crippen molar-refractivity contribution in [1.29, 1.82) is 0 Å². The van der Waals surface area contributed by atoms with Crippen molar-refractivity contribution in [3.63, 3.8) is 0 Å². The highest BCUT2D eigenvalue weighted by Gasteiger charge is 2.39. The van der Waals surface area contributed by atoms with E-state index in [2.05, 4.69) is 6.92 Å². The lowest BCUT2D eigenvalue weighted by molar-refractivity contribution is -0.140. The molecule has 2 rings (SSSR count). The summed E-state index contributed by atoms with van der Waals surface area (Å²) in [4.78, 5) is 39.0. The average molecular weight is 324 g/mol. The summed E-state index contributed by atoms with van der Waals surface area (Å²) in [5.41, 5.74) is 0. The third kappa shape index (κ3) is 4.45. The zero-order valence-corrected chi connectivity index (χ0v) is 14.2. The minimum absolute atomic E-state index is 0.0511. The van der Waals surface area contributed by atoms with Gasteiger partial charge in [-0.1, -0.05) is 6.92 Å². The number of hydrogen-bond acceptors (Lipinski definition) is 3. The third-order valence-electron chi connectivity index (χ3n) is 5.22. The lowest BCUT2D eigenvalue weighted by Gasteiger charge is -2.34. The summed E-state index contributed by atoms with van der Waals surface area (Å²) < 4.78 is 0. The van der Waals surface area contributed by atoms with Gasteiger partial charge in [0.1, 0.15) is 0 Å². The molecule has 0 radical (unpaired) electrons. The van der Waals surface area contributed by atoms with E-state index in [1.54, 1.807) is 4.90 Å². The lowest BCUT2D eigenvalue weighted by Crippen LogP contribution is -2.41. The zero-order chi connectivity index (χ0) is 17.0. The molecule has 1 unspecified atom stereocenters. The number of carboxylic acid groups (broad SMARTS) is 1. The van der Waals surface area contributed by atoms with Gasteiger partial charge in [0.25, 0.3) is 0 Å². The molecule has 23 heavy (non-hydrogen) atoms. The standard InChI is InChI=1S/C17H28N2O4/c1-3-18(9-8-16(21)22)17(23)13-10-15(20)19(11-13)14-6-4-12(2)5-7-14/h12-14H,3-11H2,1-2H3,(H,21,22). The van der Waals surface area contributed by atoms with Crippen molar-refractivity contribution in [2.24, 2.45) is 11.8 Å². The van der Waals surface area contributed by atoms with Crippen LogP contribution in [-0.2, 0) is 14.4 Å². The molecule has 0 spiro atoms. The Morgan fingerprint density at radius 3 is 2.48 bits per heavy atom. The van der Waals surface area contributed by atoms with Crippen molar-refractivity contribution in [2.45, 2.75) is 58.4 Å². The van der Waals surface area contributed by atoms with Gasteiger partial charge in [-0.3, -0.25) is 14.4 Å². The van der Waals surface area contributed by atoms with Crippen molar-refractivity contribution in [3.05, 3.63) is 0 Å². The van der Waals surface area contributed by atoms with E-state index in [0.29, 0.717) is 13.1 Å². The molecule has 1 heterocycles. The highest BCUT2D eigenvalue weighted by Crippen LogP contribution is 2.31. The number of carboxylic acids is 1. The molecule has 6 nitrogen and oxygen atoms in total. The molecule has 0 aromatic carbocycles. The Kier molecular flexibility index (Phi) is 6.02. The summed E-state index contributed by atoms with van der Waals surface area (Å²) in [7, 11) is 0. The molecule has 1 atom stereocenters. The Balaban J connectivity index is 1.92. The summed E-state index contributed by atoms with van der Waals surface area (Å²) in [5, 5.41) is 8.78. The van der Waals surface area contributed by atoms with Gasteiger partial charge >= 0.3 is 5.97 Å². The van der Waals surface area contributed by atoms with Gasteiger partial charge in [0.15, 0.2) is 0 Å². The van der Waals surface area contributed by atoms with E-state index in [1.165, 1.54) is 0 Å². The maximum Gasteiger partial charge on any atom is 0.305 e. The second kappa shape index (κ2) is 7.79. The molecule has 130 valence electrons. The van der Waals surface area contributed by atoms with Gasteiger partial charge in [0.05, 0.1) is 12.3 Å². The molecule has 6 heteroatoms. The summed E-state index contributed by atoms with van der Waals surface area (Å²) in [6.45, 7) is 5.29. The van der Waals surface area contributed by atoms with E-state index in [0.717, 1.165) is 31.6 Å². The first-order valence-electron chi connectivity index (χ1n) is 8.72. The summed E-state index contributed by atoms with van der Waals surface area (Å²) in [6, 6.07) is 0.283. The fourth-order valence-electron chi connectivity index (χ4n) is 3.72. The van der Waals surface area contributed by atoms with Crippen molar-refractivity contribution in [2.75, 3.05) is 19.6 Å². The first-order chi connectivity index (χ1) is 10.9. The van der Waals surface area contributed by atoms with Crippen LogP contribution in [-0.4, -0.2) is 58.4 Å². The molecule has 0 aromatic heterocycles. The predicted octanol–water partition coefficient (Wildman–Crippen LogP) is 1.74. The van der Waals surface area contributed by atoms with Gasteiger partial charge in [0.2, 0.25) is 11.8 Å². The van der Waals surface area contributed by atoms with Crippen LogP contribution >= 0.6 is 0 Å². The fourth-order valence-corrected chi connectivity index (χ4v) is 3.72. The number of nitrogens with zero attached hydrogens (tertiary/aromatic N) is 2. The van der Waals surface area contributed by atoms with E-state index in [-0.39, 0.29) is 43.2 Å². The lowest BCUT2D eigenvalue weighted by atomic mass is 9.86. The summed E-state index contributed by atoms with van der Waals surface area (Å²) >= 11 is 0. The van der Waals surface area contributed by atoms with Gasteiger partial charge in [0, 0.05) is 32.1 Å². The number of likely N-dealkylation sites (tertiary alicyclic amines) is 1. The third-order valence-corrected chi connectivity index (χ3v) is 5.22. The molecule has 1 saturated heterocycles. The number of hydrogen-bond donors (Lipinski definition) is 1. The van der Waals surface area contributed by atoms with Gasteiger partial charge in [-0.15, -0.1) is 0 Å². The smallest absolute Gasteiger partial charge is 0.305 e. The van der Waals surface area contributed by atoms with Crippen LogP contribution in [0.1, 0.15) is 52.4 Å². The molecule has 1 saturated carbocycles. The normalized spacial score (nSPS) is 28.0. The first kappa shape index (κ1) is 17.8. The molecule has 2 amide bonds. The van der Waals surface area contributed by atoms with E-state index in [4.69, 9.17) is 5.11 Å². The summed E-state index contributed by atoms with van der Waals surface area (Å²) in [5.74, 6) is -0.480. The molecular formula is C17H28N2O4. The van der Waals surface area contributed by atoms with Crippen LogP contribution in [0.15, 0.2) is 0 Å². The second-order valence-electron chi connectivity index (χ2n) is 6.92.